The fourth-order valence-electron chi connectivity index (χ4n) is 2.63. The molecule has 7 heteroatoms. The van der Waals surface area contributed by atoms with Gasteiger partial charge >= 0.3 is 0 Å². The Morgan fingerprint density at radius 2 is 1.76 bits per heavy atom. The Morgan fingerprint density at radius 1 is 1.10 bits per heavy atom. The molecule has 1 unspecified atom stereocenters. The zero-order valence-electron chi connectivity index (χ0n) is 16.9. The molecule has 0 bridgehead atoms. The highest BCUT2D eigenvalue weighted by atomic mass is 32.2. The average molecular weight is 414 g/mol. The van der Waals surface area contributed by atoms with E-state index in [4.69, 9.17) is 4.42 Å². The molecule has 5 nitrogen and oxygen atoms in total. The van der Waals surface area contributed by atoms with Gasteiger partial charge in [0.15, 0.2) is 0 Å². The first-order valence-electron chi connectivity index (χ1n) is 9.35. The van der Waals surface area contributed by atoms with Crippen molar-refractivity contribution in [1.82, 2.24) is 15.5 Å². The third kappa shape index (κ3) is 5.67. The quantitative estimate of drug-likeness (QED) is 0.578. The number of amides is 1. The molecule has 152 valence electrons. The number of nitrogens with one attached hydrogen (secondary N) is 1. The molecule has 0 aliphatic rings. The lowest BCUT2D eigenvalue weighted by Crippen LogP contribution is -2.30. The van der Waals surface area contributed by atoms with E-state index in [1.807, 2.05) is 12.1 Å². The molecule has 0 saturated heterocycles. The highest BCUT2D eigenvalue weighted by Crippen LogP contribution is 2.28. The topological polar surface area (TPSA) is 68.0 Å². The SMILES string of the molecule is CC(Sc1nnc(-c2ccc(C(C)(C)C)cc2)o1)C(=O)NCc1ccc(F)cc1. The van der Waals surface area contributed by atoms with Crippen molar-refractivity contribution in [3.8, 4) is 11.5 Å². The summed E-state index contributed by atoms with van der Waals surface area (Å²) in [7, 11) is 0. The predicted molar refractivity (Wildman–Crippen MR) is 112 cm³/mol. The van der Waals surface area contributed by atoms with Gasteiger partial charge in [0.1, 0.15) is 5.82 Å². The van der Waals surface area contributed by atoms with Crippen LogP contribution in [0.1, 0.15) is 38.8 Å². The van der Waals surface area contributed by atoms with Crippen molar-refractivity contribution >= 4 is 17.7 Å². The van der Waals surface area contributed by atoms with Crippen LogP contribution in [0.15, 0.2) is 58.2 Å². The number of carbonyl (C=O) groups excluding carboxylic acids is 1. The molecule has 0 saturated carbocycles. The van der Waals surface area contributed by atoms with Crippen molar-refractivity contribution in [1.29, 1.82) is 0 Å². The van der Waals surface area contributed by atoms with Gasteiger partial charge in [0.05, 0.1) is 5.25 Å². The molecule has 3 rings (SSSR count). The number of nitrogens with zero attached hydrogens (tertiary/aromatic N) is 2. The summed E-state index contributed by atoms with van der Waals surface area (Å²) in [5.41, 5.74) is 2.97. The van der Waals surface area contributed by atoms with Crippen molar-refractivity contribution in [2.24, 2.45) is 0 Å². The van der Waals surface area contributed by atoms with Crippen molar-refractivity contribution in [2.45, 2.75) is 50.1 Å². The van der Waals surface area contributed by atoms with Crippen molar-refractivity contribution in [3.05, 3.63) is 65.5 Å². The van der Waals surface area contributed by atoms with E-state index in [1.165, 1.54) is 29.5 Å². The largest absolute Gasteiger partial charge is 0.411 e. The van der Waals surface area contributed by atoms with E-state index >= 15 is 0 Å². The molecular formula is C22H24FN3O2S. The van der Waals surface area contributed by atoms with Crippen LogP contribution in [-0.2, 0) is 16.8 Å². The number of benzene rings is 2. The Bertz CT molecular complexity index is 963. The highest BCUT2D eigenvalue weighted by molar-refractivity contribution is 8.00. The van der Waals surface area contributed by atoms with Gasteiger partial charge in [-0.1, -0.05) is 56.8 Å². The Hall–Kier alpha value is -2.67. The van der Waals surface area contributed by atoms with Crippen LogP contribution in [0, 0.1) is 5.82 Å². The number of rotatable bonds is 6. The lowest BCUT2D eigenvalue weighted by Gasteiger charge is -2.18. The number of thioether (sulfide) groups is 1. The predicted octanol–water partition coefficient (Wildman–Crippen LogP) is 4.97. The van der Waals surface area contributed by atoms with Gasteiger partial charge in [-0.2, -0.15) is 0 Å². The standard InChI is InChI=1S/C22H24FN3O2S/c1-14(19(27)24-13-15-5-11-18(23)12-6-15)29-21-26-25-20(28-21)16-7-9-17(10-8-16)22(2,3)4/h5-12,14H,13H2,1-4H3,(H,24,27). The summed E-state index contributed by atoms with van der Waals surface area (Å²) in [5, 5.41) is 10.9. The van der Waals surface area contributed by atoms with Gasteiger partial charge in [0.25, 0.3) is 5.22 Å². The average Bonchev–Trinajstić information content (AvgIpc) is 3.15. The maximum absolute atomic E-state index is 12.9. The van der Waals surface area contributed by atoms with Gasteiger partial charge in [-0.15, -0.1) is 10.2 Å². The summed E-state index contributed by atoms with van der Waals surface area (Å²) < 4.78 is 18.6. The molecular weight excluding hydrogens is 389 g/mol. The molecule has 1 amide bonds. The van der Waals surface area contributed by atoms with E-state index in [0.717, 1.165) is 11.1 Å². The van der Waals surface area contributed by atoms with E-state index in [9.17, 15) is 9.18 Å². The van der Waals surface area contributed by atoms with Crippen LogP contribution in [0.5, 0.6) is 0 Å². The first kappa shape index (κ1) is 21.0. The molecule has 1 N–H and O–H groups in total. The summed E-state index contributed by atoms with van der Waals surface area (Å²) in [6, 6.07) is 14.0. The Kier molecular flexibility index (Phi) is 6.37. The smallest absolute Gasteiger partial charge is 0.277 e. The number of halogens is 1. The van der Waals surface area contributed by atoms with Gasteiger partial charge in [0.2, 0.25) is 11.8 Å². The van der Waals surface area contributed by atoms with Gasteiger partial charge < -0.3 is 9.73 Å². The van der Waals surface area contributed by atoms with Crippen LogP contribution in [0.3, 0.4) is 0 Å². The molecule has 0 fully saturated rings. The number of carbonyl (C=O) groups is 1. The van der Waals surface area contributed by atoms with Crippen LogP contribution < -0.4 is 5.32 Å². The molecule has 0 aliphatic heterocycles. The molecule has 0 spiro atoms. The second-order valence-corrected chi connectivity index (χ2v) is 9.10. The van der Waals surface area contributed by atoms with E-state index < -0.39 is 5.25 Å². The maximum atomic E-state index is 12.9. The second-order valence-electron chi connectivity index (χ2n) is 7.80. The van der Waals surface area contributed by atoms with Crippen LogP contribution in [0.2, 0.25) is 0 Å². The first-order chi connectivity index (χ1) is 13.7. The summed E-state index contributed by atoms with van der Waals surface area (Å²) in [6.45, 7) is 8.58. The van der Waals surface area contributed by atoms with Crippen LogP contribution >= 0.6 is 11.8 Å². The summed E-state index contributed by atoms with van der Waals surface area (Å²) in [6.07, 6.45) is 0. The minimum absolute atomic E-state index is 0.0745. The van der Waals surface area contributed by atoms with E-state index in [-0.39, 0.29) is 17.1 Å². The Balaban J connectivity index is 1.57. The van der Waals surface area contributed by atoms with Gasteiger partial charge in [-0.3, -0.25) is 4.79 Å². The minimum Gasteiger partial charge on any atom is -0.411 e. The van der Waals surface area contributed by atoms with Crippen molar-refractivity contribution < 1.29 is 13.6 Å². The van der Waals surface area contributed by atoms with E-state index in [2.05, 4.69) is 48.4 Å². The van der Waals surface area contributed by atoms with E-state index in [1.54, 1.807) is 19.1 Å². The first-order valence-corrected chi connectivity index (χ1v) is 10.2. The summed E-state index contributed by atoms with van der Waals surface area (Å²) >= 11 is 1.20. The molecule has 1 heterocycles. The number of aromatic nitrogens is 2. The molecule has 0 radical (unpaired) electrons. The lowest BCUT2D eigenvalue weighted by molar-refractivity contribution is -0.120. The number of hydrogen-bond donors (Lipinski definition) is 1. The normalized spacial score (nSPS) is 12.6. The summed E-state index contributed by atoms with van der Waals surface area (Å²) in [4.78, 5) is 12.3. The number of hydrogen-bond acceptors (Lipinski definition) is 5. The molecule has 0 aliphatic carbocycles. The molecule has 1 aromatic heterocycles. The Morgan fingerprint density at radius 3 is 2.38 bits per heavy atom. The molecule has 1 atom stereocenters. The second kappa shape index (κ2) is 8.78. The highest BCUT2D eigenvalue weighted by Gasteiger charge is 2.19. The summed E-state index contributed by atoms with van der Waals surface area (Å²) in [5.74, 6) is -0.0373. The zero-order chi connectivity index (χ0) is 21.0. The lowest BCUT2D eigenvalue weighted by atomic mass is 9.87. The Labute approximate surface area is 174 Å². The molecule has 2 aromatic carbocycles. The van der Waals surface area contributed by atoms with Crippen molar-refractivity contribution in [3.63, 3.8) is 0 Å². The fraction of sp³-hybridized carbons (Fsp3) is 0.318. The zero-order valence-corrected chi connectivity index (χ0v) is 17.7. The van der Waals surface area contributed by atoms with Crippen molar-refractivity contribution in [2.75, 3.05) is 0 Å². The molecule has 29 heavy (non-hydrogen) atoms. The van der Waals surface area contributed by atoms with Gasteiger partial charge in [0, 0.05) is 12.1 Å². The minimum atomic E-state index is -0.410. The molecule has 3 aromatic rings. The third-order valence-electron chi connectivity index (χ3n) is 4.43. The van der Waals surface area contributed by atoms with Gasteiger partial charge in [-0.05, 0) is 47.7 Å². The van der Waals surface area contributed by atoms with Gasteiger partial charge in [-0.25, -0.2) is 4.39 Å². The van der Waals surface area contributed by atoms with Crippen LogP contribution in [0.4, 0.5) is 4.39 Å². The third-order valence-corrected chi connectivity index (χ3v) is 5.37. The van der Waals surface area contributed by atoms with E-state index in [0.29, 0.717) is 17.7 Å². The van der Waals surface area contributed by atoms with Crippen LogP contribution in [-0.4, -0.2) is 21.4 Å². The maximum Gasteiger partial charge on any atom is 0.277 e. The van der Waals surface area contributed by atoms with Crippen LogP contribution in [0.25, 0.3) is 11.5 Å². The monoisotopic (exact) mass is 413 g/mol. The fourth-order valence-corrected chi connectivity index (χ4v) is 3.33.